The standard InChI is InChI=1S/C13H17N3O3/c14-10-1-2-11(15-8-10)7-12(17)16-5-3-9(4-6-16)13(18)19/h1-2,8-9H,3-7,14H2,(H,18,19). The molecule has 3 N–H and O–H groups in total. The zero-order valence-electron chi connectivity index (χ0n) is 10.6. The molecule has 19 heavy (non-hydrogen) atoms. The van der Waals surface area contributed by atoms with Gasteiger partial charge in [0.25, 0.3) is 0 Å². The maximum absolute atomic E-state index is 12.0. The Morgan fingerprint density at radius 2 is 2.05 bits per heavy atom. The van der Waals surface area contributed by atoms with E-state index in [0.29, 0.717) is 37.3 Å². The fourth-order valence-electron chi connectivity index (χ4n) is 2.18. The second kappa shape index (κ2) is 5.69. The van der Waals surface area contributed by atoms with Crippen molar-refractivity contribution in [1.82, 2.24) is 9.88 Å². The molecule has 0 saturated carbocycles. The number of aliphatic carboxylic acids is 1. The molecule has 102 valence electrons. The number of piperidine rings is 1. The van der Waals surface area contributed by atoms with Crippen LogP contribution in [0.1, 0.15) is 18.5 Å². The summed E-state index contributed by atoms with van der Waals surface area (Å²) >= 11 is 0. The minimum atomic E-state index is -0.771. The van der Waals surface area contributed by atoms with Gasteiger partial charge in [-0.2, -0.15) is 0 Å². The third-order valence-electron chi connectivity index (χ3n) is 3.38. The molecule has 1 aliphatic heterocycles. The SMILES string of the molecule is Nc1ccc(CC(=O)N2CCC(C(=O)O)CC2)nc1. The number of carboxylic acids is 1. The molecule has 0 radical (unpaired) electrons. The lowest BCUT2D eigenvalue weighted by Gasteiger charge is -2.30. The van der Waals surface area contributed by atoms with E-state index in [2.05, 4.69) is 4.98 Å². The quantitative estimate of drug-likeness (QED) is 0.829. The van der Waals surface area contributed by atoms with Crippen LogP contribution in [0.2, 0.25) is 0 Å². The van der Waals surface area contributed by atoms with Crippen molar-refractivity contribution in [2.45, 2.75) is 19.3 Å². The van der Waals surface area contributed by atoms with Crippen molar-refractivity contribution in [3.63, 3.8) is 0 Å². The second-order valence-corrected chi connectivity index (χ2v) is 4.75. The minimum Gasteiger partial charge on any atom is -0.481 e. The number of rotatable bonds is 3. The molecular weight excluding hydrogens is 246 g/mol. The molecule has 0 aromatic carbocycles. The number of nitrogens with two attached hydrogens (primary N) is 1. The molecule has 6 nitrogen and oxygen atoms in total. The van der Waals surface area contributed by atoms with E-state index in [9.17, 15) is 9.59 Å². The van der Waals surface area contributed by atoms with Gasteiger partial charge in [-0.15, -0.1) is 0 Å². The van der Waals surface area contributed by atoms with E-state index in [-0.39, 0.29) is 18.2 Å². The predicted octanol–water partition coefficient (Wildman–Crippen LogP) is 0.529. The van der Waals surface area contributed by atoms with Gasteiger partial charge in [-0.1, -0.05) is 0 Å². The lowest BCUT2D eigenvalue weighted by Crippen LogP contribution is -2.41. The summed E-state index contributed by atoms with van der Waals surface area (Å²) in [6.07, 6.45) is 2.81. The van der Waals surface area contributed by atoms with Gasteiger partial charge in [0.15, 0.2) is 0 Å². The van der Waals surface area contributed by atoms with Crippen molar-refractivity contribution in [3.05, 3.63) is 24.0 Å². The van der Waals surface area contributed by atoms with Gasteiger partial charge in [0.2, 0.25) is 5.91 Å². The maximum atomic E-state index is 12.0. The van der Waals surface area contributed by atoms with Crippen molar-refractivity contribution in [2.24, 2.45) is 5.92 Å². The van der Waals surface area contributed by atoms with E-state index in [4.69, 9.17) is 10.8 Å². The first-order valence-corrected chi connectivity index (χ1v) is 6.27. The number of nitrogens with zero attached hydrogens (tertiary/aromatic N) is 2. The van der Waals surface area contributed by atoms with Gasteiger partial charge in [-0.3, -0.25) is 14.6 Å². The highest BCUT2D eigenvalue weighted by atomic mass is 16.4. The summed E-state index contributed by atoms with van der Waals surface area (Å²) in [7, 11) is 0. The molecule has 0 atom stereocenters. The molecular formula is C13H17N3O3. The molecule has 1 fully saturated rings. The van der Waals surface area contributed by atoms with Crippen LogP contribution < -0.4 is 5.73 Å². The molecule has 1 amide bonds. The van der Waals surface area contributed by atoms with Crippen LogP contribution in [0, 0.1) is 5.92 Å². The second-order valence-electron chi connectivity index (χ2n) is 4.75. The number of carbonyl (C=O) groups excluding carboxylic acids is 1. The molecule has 6 heteroatoms. The summed E-state index contributed by atoms with van der Waals surface area (Å²) in [6, 6.07) is 3.45. The summed E-state index contributed by atoms with van der Waals surface area (Å²) in [6.45, 7) is 1.01. The molecule has 0 aliphatic carbocycles. The number of hydrogen-bond donors (Lipinski definition) is 2. The minimum absolute atomic E-state index is 0.0129. The third kappa shape index (κ3) is 3.43. The number of carbonyl (C=O) groups is 2. The number of anilines is 1. The van der Waals surface area contributed by atoms with Crippen LogP contribution in [0.15, 0.2) is 18.3 Å². The van der Waals surface area contributed by atoms with Crippen LogP contribution in [-0.4, -0.2) is 40.0 Å². The van der Waals surface area contributed by atoms with E-state index in [1.54, 1.807) is 17.0 Å². The van der Waals surface area contributed by atoms with Crippen molar-refractivity contribution in [1.29, 1.82) is 0 Å². The van der Waals surface area contributed by atoms with E-state index in [1.165, 1.54) is 6.20 Å². The fraction of sp³-hybridized carbons (Fsp3) is 0.462. The summed E-state index contributed by atoms with van der Waals surface area (Å²) in [4.78, 5) is 28.7. The lowest BCUT2D eigenvalue weighted by molar-refractivity contribution is -0.145. The Hall–Kier alpha value is -2.11. The van der Waals surface area contributed by atoms with Gasteiger partial charge in [0.1, 0.15) is 0 Å². The van der Waals surface area contributed by atoms with Gasteiger partial charge >= 0.3 is 5.97 Å². The number of nitrogen functional groups attached to an aromatic ring is 1. The molecule has 1 saturated heterocycles. The van der Waals surface area contributed by atoms with Gasteiger partial charge in [0, 0.05) is 18.8 Å². The smallest absolute Gasteiger partial charge is 0.306 e. The normalized spacial score (nSPS) is 16.3. The fourth-order valence-corrected chi connectivity index (χ4v) is 2.18. The van der Waals surface area contributed by atoms with Crippen molar-refractivity contribution < 1.29 is 14.7 Å². The van der Waals surface area contributed by atoms with E-state index < -0.39 is 5.97 Å². The van der Waals surface area contributed by atoms with Crippen LogP contribution in [0.25, 0.3) is 0 Å². The number of likely N-dealkylation sites (tertiary alicyclic amines) is 1. The molecule has 1 aromatic heterocycles. The molecule has 1 aromatic rings. The molecule has 0 unspecified atom stereocenters. The predicted molar refractivity (Wildman–Crippen MR) is 69.3 cm³/mol. The monoisotopic (exact) mass is 263 g/mol. The summed E-state index contributed by atoms with van der Waals surface area (Å²) in [5.41, 5.74) is 6.78. The molecule has 2 rings (SSSR count). The Morgan fingerprint density at radius 3 is 2.58 bits per heavy atom. The largest absolute Gasteiger partial charge is 0.481 e. The van der Waals surface area contributed by atoms with Gasteiger partial charge in [-0.05, 0) is 25.0 Å². The van der Waals surface area contributed by atoms with Gasteiger partial charge < -0.3 is 15.7 Å². The van der Waals surface area contributed by atoms with E-state index in [1.807, 2.05) is 0 Å². The van der Waals surface area contributed by atoms with Crippen LogP contribution in [-0.2, 0) is 16.0 Å². The Morgan fingerprint density at radius 1 is 1.37 bits per heavy atom. The van der Waals surface area contributed by atoms with E-state index >= 15 is 0 Å². The Balaban J connectivity index is 1.88. The molecule has 0 bridgehead atoms. The van der Waals surface area contributed by atoms with Crippen molar-refractivity contribution >= 4 is 17.6 Å². The molecule has 2 heterocycles. The number of amides is 1. The Bertz CT molecular complexity index is 465. The van der Waals surface area contributed by atoms with Crippen LogP contribution in [0.3, 0.4) is 0 Å². The number of pyridine rings is 1. The number of aromatic nitrogens is 1. The average molecular weight is 263 g/mol. The molecule has 1 aliphatic rings. The Labute approximate surface area is 111 Å². The highest BCUT2D eigenvalue weighted by Gasteiger charge is 2.26. The summed E-state index contributed by atoms with van der Waals surface area (Å²) < 4.78 is 0. The summed E-state index contributed by atoms with van der Waals surface area (Å²) in [5, 5.41) is 8.90. The van der Waals surface area contributed by atoms with Gasteiger partial charge in [-0.25, -0.2) is 0 Å². The van der Waals surface area contributed by atoms with Gasteiger partial charge in [0.05, 0.1) is 24.2 Å². The zero-order valence-corrected chi connectivity index (χ0v) is 10.6. The number of carboxylic acid groups (broad SMARTS) is 1. The zero-order chi connectivity index (χ0) is 13.8. The first-order chi connectivity index (χ1) is 9.06. The third-order valence-corrected chi connectivity index (χ3v) is 3.38. The van der Waals surface area contributed by atoms with Crippen LogP contribution in [0.5, 0.6) is 0 Å². The Kier molecular flexibility index (Phi) is 3.99. The average Bonchev–Trinajstić information content (AvgIpc) is 2.41. The number of hydrogen-bond acceptors (Lipinski definition) is 4. The highest BCUT2D eigenvalue weighted by molar-refractivity contribution is 5.79. The first-order valence-electron chi connectivity index (χ1n) is 6.27. The molecule has 0 spiro atoms. The topological polar surface area (TPSA) is 96.5 Å². The van der Waals surface area contributed by atoms with Crippen molar-refractivity contribution in [2.75, 3.05) is 18.8 Å². The van der Waals surface area contributed by atoms with Crippen molar-refractivity contribution in [3.8, 4) is 0 Å². The highest BCUT2D eigenvalue weighted by Crippen LogP contribution is 2.18. The maximum Gasteiger partial charge on any atom is 0.306 e. The van der Waals surface area contributed by atoms with Crippen LogP contribution >= 0.6 is 0 Å². The summed E-state index contributed by atoms with van der Waals surface area (Å²) in [5.74, 6) is -1.10. The first kappa shape index (κ1) is 13.3. The lowest BCUT2D eigenvalue weighted by atomic mass is 9.97. The van der Waals surface area contributed by atoms with Crippen LogP contribution in [0.4, 0.5) is 5.69 Å². The van der Waals surface area contributed by atoms with E-state index in [0.717, 1.165) is 0 Å².